The number of carbonyl (C=O) groups is 1. The van der Waals surface area contributed by atoms with Gasteiger partial charge >= 0.3 is 5.97 Å². The van der Waals surface area contributed by atoms with Crippen LogP contribution in [-0.2, 0) is 9.53 Å². The van der Waals surface area contributed by atoms with Gasteiger partial charge in [0, 0.05) is 6.08 Å². The number of hydrogen-bond donors (Lipinski definition) is 0. The molecule has 130 valence electrons. The second kappa shape index (κ2) is 8.88. The molecule has 0 aliphatic heterocycles. The fraction of sp³-hybridized carbons (Fsp3) is 0.227. The summed E-state index contributed by atoms with van der Waals surface area (Å²) in [6.07, 6.45) is 7.37. The van der Waals surface area contributed by atoms with Crippen LogP contribution in [0, 0.1) is 0 Å². The summed E-state index contributed by atoms with van der Waals surface area (Å²) < 4.78 is 10.2. The third kappa shape index (κ3) is 5.35. The quantitative estimate of drug-likeness (QED) is 0.407. The molecule has 0 saturated carbocycles. The van der Waals surface area contributed by atoms with Gasteiger partial charge in [-0.15, -0.1) is 0 Å². The number of benzene rings is 2. The standard InChI is InChI=1S/C22H24O3/c1-5-25-22(23)13-16(2)7-6-8-17(3)18-9-10-20-15-21(24-4)12-11-19(20)14-18/h6-15H,5H2,1-4H3/b7-6+,16-13+,17-8+. The van der Waals surface area contributed by atoms with E-state index in [1.165, 1.54) is 11.5 Å². The lowest BCUT2D eigenvalue weighted by molar-refractivity contribution is -0.137. The minimum Gasteiger partial charge on any atom is -0.497 e. The van der Waals surface area contributed by atoms with Crippen LogP contribution < -0.4 is 4.74 Å². The van der Waals surface area contributed by atoms with Crippen molar-refractivity contribution in [3.63, 3.8) is 0 Å². The van der Waals surface area contributed by atoms with Crippen LogP contribution in [0.2, 0.25) is 0 Å². The van der Waals surface area contributed by atoms with Crippen LogP contribution in [0.5, 0.6) is 5.75 Å². The first-order chi connectivity index (χ1) is 12.0. The fourth-order valence-electron chi connectivity index (χ4n) is 2.45. The second-order valence-corrected chi connectivity index (χ2v) is 5.78. The summed E-state index contributed by atoms with van der Waals surface area (Å²) in [4.78, 5) is 11.4. The number of methoxy groups -OCH3 is 1. The Morgan fingerprint density at radius 1 is 1.08 bits per heavy atom. The predicted molar refractivity (Wildman–Crippen MR) is 104 cm³/mol. The Morgan fingerprint density at radius 3 is 2.52 bits per heavy atom. The molecule has 0 unspecified atom stereocenters. The maximum atomic E-state index is 11.4. The Labute approximate surface area is 149 Å². The van der Waals surface area contributed by atoms with Crippen molar-refractivity contribution >= 4 is 22.3 Å². The lowest BCUT2D eigenvalue weighted by Crippen LogP contribution is -1.99. The molecule has 3 nitrogen and oxygen atoms in total. The first-order valence-electron chi connectivity index (χ1n) is 8.31. The van der Waals surface area contributed by atoms with E-state index in [1.807, 2.05) is 37.3 Å². The minimum absolute atomic E-state index is 0.310. The first-order valence-corrected chi connectivity index (χ1v) is 8.31. The number of ether oxygens (including phenoxy) is 2. The van der Waals surface area contributed by atoms with Crippen molar-refractivity contribution in [3.8, 4) is 5.75 Å². The molecule has 3 heteroatoms. The Kier molecular flexibility index (Phi) is 6.58. The van der Waals surface area contributed by atoms with Gasteiger partial charge in [0.25, 0.3) is 0 Å². The smallest absolute Gasteiger partial charge is 0.330 e. The van der Waals surface area contributed by atoms with E-state index in [9.17, 15) is 4.79 Å². The highest BCUT2D eigenvalue weighted by molar-refractivity contribution is 5.87. The molecule has 0 aliphatic rings. The van der Waals surface area contributed by atoms with Gasteiger partial charge in [-0.05, 0) is 66.5 Å². The van der Waals surface area contributed by atoms with Crippen molar-refractivity contribution in [2.75, 3.05) is 13.7 Å². The average molecular weight is 336 g/mol. The van der Waals surface area contributed by atoms with E-state index < -0.39 is 0 Å². The summed E-state index contributed by atoms with van der Waals surface area (Å²) in [6, 6.07) is 12.4. The number of esters is 1. The molecule has 0 saturated heterocycles. The van der Waals surface area contributed by atoms with E-state index in [0.717, 1.165) is 27.8 Å². The Balaban J connectivity index is 2.15. The van der Waals surface area contributed by atoms with Crippen LogP contribution in [0.1, 0.15) is 26.3 Å². The topological polar surface area (TPSA) is 35.5 Å². The van der Waals surface area contributed by atoms with E-state index in [4.69, 9.17) is 9.47 Å². The third-order valence-corrected chi connectivity index (χ3v) is 3.84. The number of rotatable bonds is 6. The zero-order valence-corrected chi connectivity index (χ0v) is 15.2. The summed E-state index contributed by atoms with van der Waals surface area (Å²) in [5.41, 5.74) is 3.17. The zero-order valence-electron chi connectivity index (χ0n) is 15.2. The molecular weight excluding hydrogens is 312 g/mol. The van der Waals surface area contributed by atoms with Crippen LogP contribution in [0.3, 0.4) is 0 Å². The largest absolute Gasteiger partial charge is 0.497 e. The second-order valence-electron chi connectivity index (χ2n) is 5.78. The number of fused-ring (bicyclic) bond motifs is 1. The molecule has 0 bridgehead atoms. The van der Waals surface area contributed by atoms with Crippen LogP contribution in [0.25, 0.3) is 16.3 Å². The van der Waals surface area contributed by atoms with Crippen LogP contribution >= 0.6 is 0 Å². The van der Waals surface area contributed by atoms with Gasteiger partial charge in [0.15, 0.2) is 0 Å². The number of allylic oxidation sites excluding steroid dienone is 5. The van der Waals surface area contributed by atoms with Crippen molar-refractivity contribution in [1.29, 1.82) is 0 Å². The molecule has 0 amide bonds. The molecule has 2 aromatic carbocycles. The number of hydrogen-bond acceptors (Lipinski definition) is 3. The highest BCUT2D eigenvalue weighted by Gasteiger charge is 2.00. The van der Waals surface area contributed by atoms with Gasteiger partial charge in [0.1, 0.15) is 5.75 Å². The molecule has 0 atom stereocenters. The van der Waals surface area contributed by atoms with E-state index in [-0.39, 0.29) is 5.97 Å². The van der Waals surface area contributed by atoms with E-state index in [1.54, 1.807) is 14.0 Å². The molecule has 25 heavy (non-hydrogen) atoms. The molecule has 2 rings (SSSR count). The highest BCUT2D eigenvalue weighted by Crippen LogP contribution is 2.24. The van der Waals surface area contributed by atoms with Gasteiger partial charge in [-0.2, -0.15) is 0 Å². The molecule has 0 heterocycles. The number of carbonyl (C=O) groups excluding carboxylic acids is 1. The molecule has 0 N–H and O–H groups in total. The summed E-state index contributed by atoms with van der Waals surface area (Å²) >= 11 is 0. The van der Waals surface area contributed by atoms with Crippen LogP contribution in [0.4, 0.5) is 0 Å². The third-order valence-electron chi connectivity index (χ3n) is 3.84. The fourth-order valence-corrected chi connectivity index (χ4v) is 2.45. The minimum atomic E-state index is -0.310. The van der Waals surface area contributed by atoms with Gasteiger partial charge < -0.3 is 9.47 Å². The van der Waals surface area contributed by atoms with Gasteiger partial charge in [0.2, 0.25) is 0 Å². The van der Waals surface area contributed by atoms with E-state index >= 15 is 0 Å². The van der Waals surface area contributed by atoms with Gasteiger partial charge in [-0.25, -0.2) is 4.79 Å². The lowest BCUT2D eigenvalue weighted by atomic mass is 10.0. The van der Waals surface area contributed by atoms with Crippen LogP contribution in [0.15, 0.2) is 66.3 Å². The van der Waals surface area contributed by atoms with E-state index in [2.05, 4.69) is 31.2 Å². The van der Waals surface area contributed by atoms with Crippen molar-refractivity contribution in [2.24, 2.45) is 0 Å². The highest BCUT2D eigenvalue weighted by atomic mass is 16.5. The van der Waals surface area contributed by atoms with Crippen molar-refractivity contribution in [2.45, 2.75) is 20.8 Å². The summed E-state index contributed by atoms with van der Waals surface area (Å²) in [5, 5.41) is 2.33. The predicted octanol–water partition coefficient (Wildman–Crippen LogP) is 5.32. The van der Waals surface area contributed by atoms with Crippen molar-refractivity contribution in [3.05, 3.63) is 71.8 Å². The molecule has 0 spiro atoms. The average Bonchev–Trinajstić information content (AvgIpc) is 2.60. The van der Waals surface area contributed by atoms with Gasteiger partial charge in [-0.1, -0.05) is 36.4 Å². The molecule has 0 fully saturated rings. The normalized spacial score (nSPS) is 12.6. The van der Waals surface area contributed by atoms with E-state index in [0.29, 0.717) is 6.61 Å². The molecule has 0 radical (unpaired) electrons. The summed E-state index contributed by atoms with van der Waals surface area (Å²) in [6.45, 7) is 6.13. The summed E-state index contributed by atoms with van der Waals surface area (Å²) in [5.74, 6) is 0.551. The first kappa shape index (κ1) is 18.5. The van der Waals surface area contributed by atoms with Crippen molar-refractivity contribution in [1.82, 2.24) is 0 Å². The molecule has 2 aromatic rings. The van der Waals surface area contributed by atoms with Gasteiger partial charge in [0.05, 0.1) is 13.7 Å². The SMILES string of the molecule is CCOC(=O)/C=C(C)/C=C/C=C(\C)c1ccc2cc(OC)ccc2c1. The lowest BCUT2D eigenvalue weighted by Gasteiger charge is -2.06. The molecular formula is C22H24O3. The Hall–Kier alpha value is -2.81. The van der Waals surface area contributed by atoms with Crippen molar-refractivity contribution < 1.29 is 14.3 Å². The van der Waals surface area contributed by atoms with Gasteiger partial charge in [-0.3, -0.25) is 0 Å². The summed E-state index contributed by atoms with van der Waals surface area (Å²) in [7, 11) is 1.67. The maximum Gasteiger partial charge on any atom is 0.330 e. The Morgan fingerprint density at radius 2 is 1.80 bits per heavy atom. The Bertz CT molecular complexity index is 841. The monoisotopic (exact) mass is 336 g/mol. The van der Waals surface area contributed by atoms with Crippen LogP contribution in [-0.4, -0.2) is 19.7 Å². The molecule has 0 aliphatic carbocycles. The maximum absolute atomic E-state index is 11.4. The molecule has 0 aromatic heterocycles. The zero-order chi connectivity index (χ0) is 18.2.